The standard InChI is InChI=1S/C14H12BrFN2O/c15-13-7-6-12(9-17-13)18-14(19)8-3-10-1-4-11(16)5-2-10/h1-2,4-7,9H,3,8H2,(H,18,19). The van der Waals surface area contributed by atoms with E-state index < -0.39 is 0 Å². The number of carbonyl (C=O) groups is 1. The van der Waals surface area contributed by atoms with Crippen LogP contribution < -0.4 is 5.32 Å². The number of carbonyl (C=O) groups excluding carboxylic acids is 1. The molecule has 1 N–H and O–H groups in total. The Labute approximate surface area is 119 Å². The van der Waals surface area contributed by atoms with Crippen LogP contribution in [0.25, 0.3) is 0 Å². The largest absolute Gasteiger partial charge is 0.325 e. The molecule has 1 aromatic heterocycles. The third kappa shape index (κ3) is 4.44. The molecule has 0 radical (unpaired) electrons. The van der Waals surface area contributed by atoms with Crippen LogP contribution in [0.15, 0.2) is 47.2 Å². The lowest BCUT2D eigenvalue weighted by molar-refractivity contribution is -0.116. The van der Waals surface area contributed by atoms with Gasteiger partial charge in [-0.2, -0.15) is 0 Å². The van der Waals surface area contributed by atoms with Crippen molar-refractivity contribution < 1.29 is 9.18 Å². The molecule has 1 amide bonds. The molecule has 0 aliphatic carbocycles. The second kappa shape index (κ2) is 6.43. The van der Waals surface area contributed by atoms with Crippen LogP contribution in [0, 0.1) is 5.82 Å². The van der Waals surface area contributed by atoms with Gasteiger partial charge in [0.05, 0.1) is 11.9 Å². The molecule has 1 aromatic carbocycles. The zero-order chi connectivity index (χ0) is 13.7. The van der Waals surface area contributed by atoms with Crippen LogP contribution in [0.2, 0.25) is 0 Å². The molecule has 0 saturated heterocycles. The maximum absolute atomic E-state index is 12.7. The number of benzene rings is 1. The number of hydrogen-bond donors (Lipinski definition) is 1. The predicted molar refractivity (Wildman–Crippen MR) is 75.3 cm³/mol. The molecule has 0 aliphatic rings. The molecule has 0 unspecified atom stereocenters. The summed E-state index contributed by atoms with van der Waals surface area (Å²) < 4.78 is 13.4. The van der Waals surface area contributed by atoms with E-state index in [-0.39, 0.29) is 11.7 Å². The highest BCUT2D eigenvalue weighted by molar-refractivity contribution is 9.10. The van der Waals surface area contributed by atoms with Crippen LogP contribution in [-0.2, 0) is 11.2 Å². The zero-order valence-electron chi connectivity index (χ0n) is 10.1. The SMILES string of the molecule is O=C(CCc1ccc(F)cc1)Nc1ccc(Br)nc1. The van der Waals surface area contributed by atoms with Crippen molar-refractivity contribution in [1.29, 1.82) is 0 Å². The fourth-order valence-corrected chi connectivity index (χ4v) is 1.82. The number of aryl methyl sites for hydroxylation is 1. The molecule has 0 atom stereocenters. The molecule has 98 valence electrons. The van der Waals surface area contributed by atoms with Crippen LogP contribution in [0.4, 0.5) is 10.1 Å². The molecule has 0 saturated carbocycles. The van der Waals surface area contributed by atoms with Gasteiger partial charge >= 0.3 is 0 Å². The van der Waals surface area contributed by atoms with E-state index in [2.05, 4.69) is 26.2 Å². The molecule has 0 aliphatic heterocycles. The minimum atomic E-state index is -0.269. The highest BCUT2D eigenvalue weighted by Crippen LogP contribution is 2.11. The second-order valence-corrected chi connectivity index (χ2v) is 4.86. The predicted octanol–water partition coefficient (Wildman–Crippen LogP) is 3.55. The van der Waals surface area contributed by atoms with Gasteiger partial charge in [-0.3, -0.25) is 4.79 Å². The van der Waals surface area contributed by atoms with Crippen molar-refractivity contribution in [3.63, 3.8) is 0 Å². The van der Waals surface area contributed by atoms with E-state index in [1.807, 2.05) is 0 Å². The summed E-state index contributed by atoms with van der Waals surface area (Å²) in [5, 5.41) is 2.75. The second-order valence-electron chi connectivity index (χ2n) is 4.04. The minimum Gasteiger partial charge on any atom is -0.325 e. The number of rotatable bonds is 4. The molecule has 1 heterocycles. The van der Waals surface area contributed by atoms with Crippen LogP contribution in [0.3, 0.4) is 0 Å². The quantitative estimate of drug-likeness (QED) is 0.874. The summed E-state index contributed by atoms with van der Waals surface area (Å²) in [7, 11) is 0. The summed E-state index contributed by atoms with van der Waals surface area (Å²) in [6, 6.07) is 9.69. The Morgan fingerprint density at radius 1 is 1.21 bits per heavy atom. The van der Waals surface area contributed by atoms with Gasteiger partial charge in [-0.15, -0.1) is 0 Å². The highest BCUT2D eigenvalue weighted by Gasteiger charge is 2.03. The van der Waals surface area contributed by atoms with Crippen molar-refractivity contribution >= 4 is 27.5 Å². The third-order valence-corrected chi connectivity index (χ3v) is 3.03. The summed E-state index contributed by atoms with van der Waals surface area (Å²) in [5.74, 6) is -0.359. The summed E-state index contributed by atoms with van der Waals surface area (Å²) in [6.45, 7) is 0. The number of nitrogens with zero attached hydrogens (tertiary/aromatic N) is 1. The third-order valence-electron chi connectivity index (χ3n) is 2.57. The molecule has 3 nitrogen and oxygen atoms in total. The number of anilines is 1. The highest BCUT2D eigenvalue weighted by atomic mass is 79.9. The first kappa shape index (κ1) is 13.7. The van der Waals surface area contributed by atoms with Gasteiger partial charge < -0.3 is 5.32 Å². The van der Waals surface area contributed by atoms with E-state index in [4.69, 9.17) is 0 Å². The van der Waals surface area contributed by atoms with Crippen molar-refractivity contribution in [2.24, 2.45) is 0 Å². The van der Waals surface area contributed by atoms with E-state index >= 15 is 0 Å². The Morgan fingerprint density at radius 2 is 1.95 bits per heavy atom. The van der Waals surface area contributed by atoms with E-state index in [1.54, 1.807) is 30.5 Å². The monoisotopic (exact) mass is 322 g/mol. The van der Waals surface area contributed by atoms with Gasteiger partial charge in [0.15, 0.2) is 0 Å². The van der Waals surface area contributed by atoms with Gasteiger partial charge in [0.2, 0.25) is 5.91 Å². The summed E-state index contributed by atoms with van der Waals surface area (Å²) in [4.78, 5) is 15.7. The number of pyridine rings is 1. The van der Waals surface area contributed by atoms with Gasteiger partial charge in [0.1, 0.15) is 10.4 Å². The normalized spacial score (nSPS) is 10.2. The molecule has 0 fully saturated rings. The zero-order valence-corrected chi connectivity index (χ0v) is 11.7. The van der Waals surface area contributed by atoms with Crippen LogP contribution >= 0.6 is 15.9 Å². The van der Waals surface area contributed by atoms with Gasteiger partial charge in [0.25, 0.3) is 0 Å². The van der Waals surface area contributed by atoms with Crippen molar-refractivity contribution in [2.75, 3.05) is 5.32 Å². The first-order chi connectivity index (χ1) is 9.13. The van der Waals surface area contributed by atoms with Gasteiger partial charge in [0, 0.05) is 6.42 Å². The van der Waals surface area contributed by atoms with Gasteiger partial charge in [-0.05, 0) is 52.2 Å². The maximum atomic E-state index is 12.7. The van der Waals surface area contributed by atoms with E-state index in [9.17, 15) is 9.18 Å². The first-order valence-corrected chi connectivity index (χ1v) is 6.58. The average molecular weight is 323 g/mol. The van der Waals surface area contributed by atoms with Crippen LogP contribution in [-0.4, -0.2) is 10.9 Å². The number of hydrogen-bond acceptors (Lipinski definition) is 2. The number of halogens is 2. The molecule has 2 rings (SSSR count). The Bertz CT molecular complexity index is 555. The Kier molecular flexibility index (Phi) is 4.63. The van der Waals surface area contributed by atoms with Crippen molar-refractivity contribution in [3.05, 3.63) is 58.6 Å². The van der Waals surface area contributed by atoms with Crippen molar-refractivity contribution in [3.8, 4) is 0 Å². The Hall–Kier alpha value is -1.75. The molecule has 0 spiro atoms. The smallest absolute Gasteiger partial charge is 0.224 e. The lowest BCUT2D eigenvalue weighted by Crippen LogP contribution is -2.12. The number of nitrogens with one attached hydrogen (secondary N) is 1. The fraction of sp³-hybridized carbons (Fsp3) is 0.143. The van der Waals surface area contributed by atoms with Gasteiger partial charge in [-0.25, -0.2) is 9.37 Å². The summed E-state index contributed by atoms with van der Waals surface area (Å²) in [5.41, 5.74) is 1.60. The Balaban J connectivity index is 1.84. The maximum Gasteiger partial charge on any atom is 0.224 e. The molecule has 5 heteroatoms. The number of amides is 1. The van der Waals surface area contributed by atoms with Crippen molar-refractivity contribution in [2.45, 2.75) is 12.8 Å². The molecular formula is C14H12BrFN2O. The average Bonchev–Trinajstić information content (AvgIpc) is 2.41. The van der Waals surface area contributed by atoms with E-state index in [1.165, 1.54) is 12.1 Å². The van der Waals surface area contributed by atoms with Crippen LogP contribution in [0.1, 0.15) is 12.0 Å². The van der Waals surface area contributed by atoms with E-state index in [0.717, 1.165) is 10.2 Å². The Morgan fingerprint density at radius 3 is 2.58 bits per heavy atom. The fourth-order valence-electron chi connectivity index (χ4n) is 1.58. The lowest BCUT2D eigenvalue weighted by atomic mass is 10.1. The molecule has 19 heavy (non-hydrogen) atoms. The van der Waals surface area contributed by atoms with Crippen LogP contribution in [0.5, 0.6) is 0 Å². The molecule has 0 bridgehead atoms. The summed E-state index contributed by atoms with van der Waals surface area (Å²) in [6.07, 6.45) is 2.51. The number of aromatic nitrogens is 1. The van der Waals surface area contributed by atoms with E-state index in [0.29, 0.717) is 18.5 Å². The minimum absolute atomic E-state index is 0.0894. The first-order valence-electron chi connectivity index (χ1n) is 5.79. The molecular weight excluding hydrogens is 311 g/mol. The topological polar surface area (TPSA) is 42.0 Å². The van der Waals surface area contributed by atoms with Gasteiger partial charge in [-0.1, -0.05) is 12.1 Å². The lowest BCUT2D eigenvalue weighted by Gasteiger charge is -2.05. The molecule has 2 aromatic rings. The summed E-state index contributed by atoms with van der Waals surface area (Å²) >= 11 is 3.22. The van der Waals surface area contributed by atoms with Crippen molar-refractivity contribution in [1.82, 2.24) is 4.98 Å².